The molecule has 0 aliphatic rings. The summed E-state index contributed by atoms with van der Waals surface area (Å²) in [4.78, 5) is 17.1. The van der Waals surface area contributed by atoms with Crippen molar-refractivity contribution >= 4 is 5.97 Å². The lowest BCUT2D eigenvalue weighted by molar-refractivity contribution is 0.0683. The van der Waals surface area contributed by atoms with Crippen LogP contribution >= 0.6 is 0 Å². The van der Waals surface area contributed by atoms with Crippen molar-refractivity contribution in [3.63, 3.8) is 0 Å². The lowest BCUT2D eigenvalue weighted by Gasteiger charge is -2.19. The summed E-state index contributed by atoms with van der Waals surface area (Å²) in [6.45, 7) is 0.954. The smallest absolute Gasteiger partial charge is 0.341 e. The van der Waals surface area contributed by atoms with Crippen molar-refractivity contribution in [2.45, 2.75) is 19.1 Å². The van der Waals surface area contributed by atoms with Gasteiger partial charge in [0.2, 0.25) is 5.88 Å². The van der Waals surface area contributed by atoms with Crippen molar-refractivity contribution in [2.24, 2.45) is 0 Å². The second-order valence-corrected chi connectivity index (χ2v) is 4.50. The average molecular weight is 267 g/mol. The van der Waals surface area contributed by atoms with Gasteiger partial charge in [0, 0.05) is 6.20 Å². The maximum Gasteiger partial charge on any atom is 0.341 e. The summed E-state index contributed by atoms with van der Waals surface area (Å²) >= 11 is 0. The Bertz CT molecular complexity index is 410. The van der Waals surface area contributed by atoms with Gasteiger partial charge in [0.05, 0.1) is 0 Å². The van der Waals surface area contributed by atoms with Gasteiger partial charge in [0.15, 0.2) is 6.23 Å². The van der Waals surface area contributed by atoms with Gasteiger partial charge in [0.1, 0.15) is 5.56 Å². The number of carboxylic acid groups (broad SMARTS) is 1. The van der Waals surface area contributed by atoms with Crippen molar-refractivity contribution in [3.05, 3.63) is 23.9 Å². The summed E-state index contributed by atoms with van der Waals surface area (Å²) in [7, 11) is 5.80. The van der Waals surface area contributed by atoms with E-state index in [1.54, 1.807) is 13.1 Å². The molecule has 0 saturated carbocycles. The Labute approximate surface area is 113 Å². The molecule has 19 heavy (non-hydrogen) atoms. The normalized spacial score (nSPS) is 12.4. The van der Waals surface area contributed by atoms with E-state index in [2.05, 4.69) is 15.2 Å². The molecule has 0 aliphatic heterocycles. The Balaban J connectivity index is 2.62. The Morgan fingerprint density at radius 1 is 1.58 bits per heavy atom. The monoisotopic (exact) mass is 267 g/mol. The van der Waals surface area contributed by atoms with E-state index >= 15 is 0 Å². The van der Waals surface area contributed by atoms with Crippen LogP contribution in [0.5, 0.6) is 5.88 Å². The van der Waals surface area contributed by atoms with Crippen molar-refractivity contribution < 1.29 is 14.6 Å². The Morgan fingerprint density at radius 2 is 2.32 bits per heavy atom. The predicted octanol–water partition coefficient (Wildman–Crippen LogP) is 1.05. The molecule has 0 bridgehead atoms. The molecule has 6 nitrogen and oxygen atoms in total. The number of ether oxygens (including phenoxy) is 1. The number of hydrogen-bond donors (Lipinski definition) is 2. The van der Waals surface area contributed by atoms with Gasteiger partial charge in [-0.1, -0.05) is 0 Å². The number of hydrogen-bond acceptors (Lipinski definition) is 5. The molecule has 0 radical (unpaired) electrons. The van der Waals surface area contributed by atoms with Gasteiger partial charge in [-0.15, -0.1) is 0 Å². The molecule has 6 heteroatoms. The van der Waals surface area contributed by atoms with E-state index in [0.29, 0.717) is 0 Å². The van der Waals surface area contributed by atoms with Gasteiger partial charge in [-0.05, 0) is 52.7 Å². The number of carboxylic acids is 1. The van der Waals surface area contributed by atoms with Gasteiger partial charge in [-0.3, -0.25) is 5.32 Å². The Kier molecular flexibility index (Phi) is 6.24. The number of aromatic carboxylic acids is 1. The maximum atomic E-state index is 11.0. The summed E-state index contributed by atoms with van der Waals surface area (Å²) in [6.07, 6.45) is 3.01. The molecule has 0 spiro atoms. The third-order valence-electron chi connectivity index (χ3n) is 2.65. The molecule has 0 aromatic carbocycles. The lowest BCUT2D eigenvalue weighted by atomic mass is 10.2. The predicted molar refractivity (Wildman–Crippen MR) is 72.5 cm³/mol. The van der Waals surface area contributed by atoms with Crippen LogP contribution in [0.3, 0.4) is 0 Å². The van der Waals surface area contributed by atoms with Crippen LogP contribution in [0.1, 0.15) is 23.2 Å². The van der Waals surface area contributed by atoms with Gasteiger partial charge < -0.3 is 14.7 Å². The first kappa shape index (κ1) is 15.4. The van der Waals surface area contributed by atoms with Crippen LogP contribution in [-0.2, 0) is 0 Å². The molecule has 1 unspecified atom stereocenters. The standard InChI is InChI=1S/C13H21N3O3/c1-14-11(7-5-9-16(2)3)19-12-10(13(17)18)6-4-8-15-12/h4,6,8,11,14H,5,7,9H2,1-3H3,(H,17,18). The van der Waals surface area contributed by atoms with E-state index in [4.69, 9.17) is 9.84 Å². The average Bonchev–Trinajstić information content (AvgIpc) is 2.37. The highest BCUT2D eigenvalue weighted by molar-refractivity contribution is 5.90. The zero-order chi connectivity index (χ0) is 14.3. The molecule has 1 aromatic rings. The zero-order valence-corrected chi connectivity index (χ0v) is 11.6. The summed E-state index contributed by atoms with van der Waals surface area (Å²) in [5.74, 6) is -0.884. The van der Waals surface area contributed by atoms with Crippen LogP contribution in [0.4, 0.5) is 0 Å². The quantitative estimate of drug-likeness (QED) is 0.686. The number of nitrogens with zero attached hydrogens (tertiary/aromatic N) is 2. The second-order valence-electron chi connectivity index (χ2n) is 4.50. The molecule has 1 atom stereocenters. The van der Waals surface area contributed by atoms with E-state index in [1.165, 1.54) is 12.3 Å². The van der Waals surface area contributed by atoms with E-state index in [1.807, 2.05) is 14.1 Å². The molecule has 0 amide bonds. The first-order valence-electron chi connectivity index (χ1n) is 6.21. The molecule has 0 fully saturated rings. The van der Waals surface area contributed by atoms with Crippen LogP contribution in [0.2, 0.25) is 0 Å². The minimum Gasteiger partial charge on any atom is -0.477 e. The van der Waals surface area contributed by atoms with Gasteiger partial charge >= 0.3 is 5.97 Å². The van der Waals surface area contributed by atoms with E-state index in [-0.39, 0.29) is 17.7 Å². The molecule has 2 N–H and O–H groups in total. The van der Waals surface area contributed by atoms with E-state index in [9.17, 15) is 4.79 Å². The largest absolute Gasteiger partial charge is 0.477 e. The highest BCUT2D eigenvalue weighted by Gasteiger charge is 2.16. The van der Waals surface area contributed by atoms with Crippen LogP contribution in [-0.4, -0.2) is 54.9 Å². The van der Waals surface area contributed by atoms with Gasteiger partial charge in [0.25, 0.3) is 0 Å². The van der Waals surface area contributed by atoms with Crippen LogP contribution in [0.15, 0.2) is 18.3 Å². The van der Waals surface area contributed by atoms with E-state index in [0.717, 1.165) is 19.4 Å². The van der Waals surface area contributed by atoms with Crippen molar-refractivity contribution in [1.82, 2.24) is 15.2 Å². The van der Waals surface area contributed by atoms with Crippen molar-refractivity contribution in [2.75, 3.05) is 27.7 Å². The molecule has 1 heterocycles. The number of carbonyl (C=O) groups is 1. The fourth-order valence-corrected chi connectivity index (χ4v) is 1.64. The SMILES string of the molecule is CNC(CCCN(C)C)Oc1ncccc1C(=O)O. The zero-order valence-electron chi connectivity index (χ0n) is 11.6. The Hall–Kier alpha value is -1.66. The molecule has 1 rings (SSSR count). The third kappa shape index (κ3) is 5.23. The topological polar surface area (TPSA) is 74.7 Å². The first-order chi connectivity index (χ1) is 9.04. The molecular weight excluding hydrogens is 246 g/mol. The van der Waals surface area contributed by atoms with Crippen LogP contribution in [0, 0.1) is 0 Å². The number of pyridine rings is 1. The van der Waals surface area contributed by atoms with Crippen molar-refractivity contribution in [1.29, 1.82) is 0 Å². The lowest BCUT2D eigenvalue weighted by Crippen LogP contribution is -2.33. The van der Waals surface area contributed by atoms with Gasteiger partial charge in [-0.2, -0.15) is 0 Å². The molecular formula is C13H21N3O3. The molecule has 0 aliphatic carbocycles. The summed E-state index contributed by atoms with van der Waals surface area (Å²) in [5, 5.41) is 12.1. The molecule has 0 saturated heterocycles. The highest BCUT2D eigenvalue weighted by atomic mass is 16.5. The highest BCUT2D eigenvalue weighted by Crippen LogP contribution is 2.16. The fourth-order valence-electron chi connectivity index (χ4n) is 1.64. The van der Waals surface area contributed by atoms with E-state index < -0.39 is 5.97 Å². The molecule has 1 aromatic heterocycles. The van der Waals surface area contributed by atoms with Crippen molar-refractivity contribution in [3.8, 4) is 5.88 Å². The minimum atomic E-state index is -1.04. The van der Waals surface area contributed by atoms with Crippen LogP contribution in [0.25, 0.3) is 0 Å². The van der Waals surface area contributed by atoms with Crippen LogP contribution < -0.4 is 10.1 Å². The number of nitrogens with one attached hydrogen (secondary N) is 1. The summed E-state index contributed by atoms with van der Waals surface area (Å²) in [6, 6.07) is 3.06. The fraction of sp³-hybridized carbons (Fsp3) is 0.538. The number of rotatable bonds is 8. The molecule has 106 valence electrons. The first-order valence-corrected chi connectivity index (χ1v) is 6.21. The Morgan fingerprint density at radius 3 is 2.89 bits per heavy atom. The number of aromatic nitrogens is 1. The van der Waals surface area contributed by atoms with Gasteiger partial charge in [-0.25, -0.2) is 9.78 Å². The summed E-state index contributed by atoms with van der Waals surface area (Å²) in [5.41, 5.74) is 0.0790. The third-order valence-corrected chi connectivity index (χ3v) is 2.65. The second kappa shape index (κ2) is 7.70. The summed E-state index contributed by atoms with van der Waals surface area (Å²) < 4.78 is 5.62. The minimum absolute atomic E-state index is 0.0790. The maximum absolute atomic E-state index is 11.0.